The van der Waals surface area contributed by atoms with Gasteiger partial charge in [0.05, 0.1) is 41.6 Å². The molecule has 0 aromatic heterocycles. The fourth-order valence-corrected chi connectivity index (χ4v) is 5.37. The van der Waals surface area contributed by atoms with Crippen molar-refractivity contribution in [2.75, 3.05) is 20.3 Å². The van der Waals surface area contributed by atoms with Crippen LogP contribution < -0.4 is 30.3 Å². The summed E-state index contributed by atoms with van der Waals surface area (Å²) < 4.78 is 22.9. The number of thiocarbonyl (C=S) groups is 1. The van der Waals surface area contributed by atoms with Crippen LogP contribution in [0.4, 0.5) is 0 Å². The van der Waals surface area contributed by atoms with Gasteiger partial charge in [0, 0.05) is 16.8 Å². The van der Waals surface area contributed by atoms with Crippen molar-refractivity contribution in [3.8, 4) is 17.2 Å². The van der Waals surface area contributed by atoms with Gasteiger partial charge in [-0.2, -0.15) is 5.10 Å². The quantitative estimate of drug-likeness (QED) is 0.0596. The van der Waals surface area contributed by atoms with Crippen molar-refractivity contribution in [1.82, 2.24) is 16.1 Å². The van der Waals surface area contributed by atoms with Crippen LogP contribution in [0.15, 0.2) is 83.6 Å². The molecule has 1 amide bonds. The van der Waals surface area contributed by atoms with E-state index in [0.29, 0.717) is 61.2 Å². The van der Waals surface area contributed by atoms with Crippen LogP contribution in [0.1, 0.15) is 42.1 Å². The maximum atomic E-state index is 12.8. The third-order valence-corrected chi connectivity index (χ3v) is 7.82. The Morgan fingerprint density at radius 2 is 1.87 bits per heavy atom. The summed E-state index contributed by atoms with van der Waals surface area (Å²) >= 11 is 17.5. The van der Waals surface area contributed by atoms with Crippen LogP contribution >= 0.6 is 35.4 Å². The Kier molecular flexibility index (Phi) is 12.6. The molecule has 246 valence electrons. The molecule has 3 aromatic rings. The summed E-state index contributed by atoms with van der Waals surface area (Å²) in [7, 11) is 1.54. The van der Waals surface area contributed by atoms with E-state index in [1.165, 1.54) is 13.3 Å². The summed E-state index contributed by atoms with van der Waals surface area (Å²) in [6, 6.07) is 15.3. The number of carbonyl (C=O) groups is 2. The summed E-state index contributed by atoms with van der Waals surface area (Å²) in [4.78, 5) is 25.5. The maximum Gasteiger partial charge on any atom is 0.338 e. The highest BCUT2D eigenvalue weighted by atomic mass is 35.5. The molecule has 0 spiro atoms. The van der Waals surface area contributed by atoms with Gasteiger partial charge in [0.2, 0.25) is 0 Å². The lowest BCUT2D eigenvalue weighted by Crippen LogP contribution is -2.45. The van der Waals surface area contributed by atoms with E-state index in [0.717, 1.165) is 11.1 Å². The number of halogens is 2. The highest BCUT2D eigenvalue weighted by molar-refractivity contribution is 7.80. The van der Waals surface area contributed by atoms with Gasteiger partial charge in [-0.15, -0.1) is 6.58 Å². The molecule has 0 fully saturated rings. The van der Waals surface area contributed by atoms with Crippen LogP contribution in [-0.2, 0) is 27.4 Å². The molecule has 1 atom stereocenters. The van der Waals surface area contributed by atoms with Crippen LogP contribution in [0, 0.1) is 0 Å². The van der Waals surface area contributed by atoms with E-state index in [-0.39, 0.29) is 19.8 Å². The minimum Gasteiger partial charge on any atom is -0.493 e. The Morgan fingerprint density at radius 1 is 1.09 bits per heavy atom. The van der Waals surface area contributed by atoms with E-state index < -0.39 is 17.9 Å². The van der Waals surface area contributed by atoms with Gasteiger partial charge >= 0.3 is 5.97 Å². The first-order valence-corrected chi connectivity index (χ1v) is 15.7. The largest absolute Gasteiger partial charge is 0.493 e. The Bertz CT molecular complexity index is 1730. The number of esters is 1. The Balaban J connectivity index is 1.44. The van der Waals surface area contributed by atoms with Gasteiger partial charge in [0.25, 0.3) is 5.91 Å². The SMILES string of the molecule is C=CCc1cc(C=NNC(=O)COc2ccccc2[C@@H]2NC(=S)NC(C)=C2C(=O)OCC)cc(OC)c1OCc1ccc(Cl)c(Cl)c1. The van der Waals surface area contributed by atoms with Crippen LogP contribution in [0.2, 0.25) is 10.0 Å². The van der Waals surface area contributed by atoms with E-state index in [9.17, 15) is 9.59 Å². The highest BCUT2D eigenvalue weighted by Crippen LogP contribution is 2.35. The number of hydrogen-bond donors (Lipinski definition) is 3. The number of ether oxygens (including phenoxy) is 4. The van der Waals surface area contributed by atoms with Crippen molar-refractivity contribution >= 4 is 58.6 Å². The predicted octanol–water partition coefficient (Wildman–Crippen LogP) is 6.19. The number of nitrogens with zero attached hydrogens (tertiary/aromatic N) is 1. The molecule has 0 unspecified atom stereocenters. The van der Waals surface area contributed by atoms with E-state index in [1.807, 2.05) is 12.1 Å². The molecule has 1 aliphatic rings. The molecule has 3 aromatic carbocycles. The zero-order chi connectivity index (χ0) is 33.9. The van der Waals surface area contributed by atoms with Crippen molar-refractivity contribution in [3.05, 3.63) is 111 Å². The van der Waals surface area contributed by atoms with Gasteiger partial charge < -0.3 is 29.6 Å². The number of amides is 1. The van der Waals surface area contributed by atoms with Crippen LogP contribution in [-0.4, -0.2) is 43.5 Å². The topological polar surface area (TPSA) is 120 Å². The number of hydrogen-bond acceptors (Lipinski definition) is 8. The number of hydrazone groups is 1. The number of methoxy groups -OCH3 is 1. The molecule has 10 nitrogen and oxygen atoms in total. The highest BCUT2D eigenvalue weighted by Gasteiger charge is 2.32. The molecule has 1 aliphatic heterocycles. The summed E-state index contributed by atoms with van der Waals surface area (Å²) in [5.74, 6) is 0.431. The molecule has 0 saturated heterocycles. The number of benzene rings is 3. The van der Waals surface area contributed by atoms with Gasteiger partial charge in [-0.1, -0.05) is 53.5 Å². The number of para-hydroxylation sites is 1. The summed E-state index contributed by atoms with van der Waals surface area (Å²) in [6.45, 7) is 7.44. The molecule has 4 rings (SSSR count). The standard InChI is InChI=1S/C34H34Cl2N4O6S/c1-5-9-23-14-22(16-28(43-4)32(23)46-18-21-12-13-25(35)26(36)15-21)17-37-40-29(41)19-45-27-11-8-7-10-24(27)31-30(33(42)44-6-2)20(3)38-34(47)39-31/h5,7-8,10-17,31H,1,6,9,18-19H2,2-4H3,(H,40,41)(H2,38,39,47)/t31-/m0/s1. The van der Waals surface area contributed by atoms with Gasteiger partial charge in [0.15, 0.2) is 23.2 Å². The smallest absolute Gasteiger partial charge is 0.338 e. The lowest BCUT2D eigenvalue weighted by atomic mass is 9.95. The molecular formula is C34H34Cl2N4O6S. The molecular weight excluding hydrogens is 663 g/mol. The van der Waals surface area contributed by atoms with Crippen molar-refractivity contribution in [3.63, 3.8) is 0 Å². The third kappa shape index (κ3) is 9.25. The zero-order valence-corrected chi connectivity index (χ0v) is 28.4. The first kappa shape index (κ1) is 35.3. The van der Waals surface area contributed by atoms with Crippen molar-refractivity contribution in [2.45, 2.75) is 32.9 Å². The number of rotatable bonds is 14. The Labute approximate surface area is 288 Å². The second kappa shape index (κ2) is 16.8. The van der Waals surface area contributed by atoms with Gasteiger partial charge in [-0.25, -0.2) is 10.2 Å². The number of nitrogens with one attached hydrogen (secondary N) is 3. The average molecular weight is 698 g/mol. The number of allylic oxidation sites excluding steroid dienone is 2. The molecule has 1 heterocycles. The molecule has 47 heavy (non-hydrogen) atoms. The Morgan fingerprint density at radius 3 is 2.60 bits per heavy atom. The number of carbonyl (C=O) groups excluding carboxylic acids is 2. The lowest BCUT2D eigenvalue weighted by Gasteiger charge is -2.30. The van der Waals surface area contributed by atoms with E-state index in [4.69, 9.17) is 54.4 Å². The minimum absolute atomic E-state index is 0.214. The second-order valence-electron chi connectivity index (χ2n) is 10.2. The normalized spacial score (nSPS) is 14.2. The van der Waals surface area contributed by atoms with Crippen molar-refractivity contribution in [2.24, 2.45) is 5.10 Å². The van der Waals surface area contributed by atoms with Crippen molar-refractivity contribution < 1.29 is 28.5 Å². The fourth-order valence-electron chi connectivity index (χ4n) is 4.78. The molecule has 0 aliphatic carbocycles. The summed E-state index contributed by atoms with van der Waals surface area (Å²) in [5, 5.41) is 11.4. The van der Waals surface area contributed by atoms with Crippen LogP contribution in [0.5, 0.6) is 17.2 Å². The van der Waals surface area contributed by atoms with Gasteiger partial charge in [-0.3, -0.25) is 4.79 Å². The summed E-state index contributed by atoms with van der Waals surface area (Å²) in [6.07, 6.45) is 3.73. The Hall–Kier alpha value is -4.58. The fraction of sp³-hybridized carbons (Fsp3) is 0.235. The second-order valence-corrected chi connectivity index (χ2v) is 11.4. The first-order valence-electron chi connectivity index (χ1n) is 14.5. The molecule has 13 heteroatoms. The first-order chi connectivity index (χ1) is 22.6. The van der Waals surface area contributed by atoms with Gasteiger partial charge in [-0.05, 0) is 73.9 Å². The maximum absolute atomic E-state index is 12.8. The van der Waals surface area contributed by atoms with E-state index in [2.05, 4.69) is 27.7 Å². The van der Waals surface area contributed by atoms with Crippen LogP contribution in [0.25, 0.3) is 0 Å². The average Bonchev–Trinajstić information content (AvgIpc) is 3.04. The van der Waals surface area contributed by atoms with Crippen LogP contribution in [0.3, 0.4) is 0 Å². The van der Waals surface area contributed by atoms with Crippen molar-refractivity contribution in [1.29, 1.82) is 0 Å². The van der Waals surface area contributed by atoms with E-state index in [1.54, 1.807) is 62.4 Å². The zero-order valence-electron chi connectivity index (χ0n) is 26.0. The summed E-state index contributed by atoms with van der Waals surface area (Å²) in [5.41, 5.74) is 6.33. The third-order valence-electron chi connectivity index (χ3n) is 6.86. The van der Waals surface area contributed by atoms with Gasteiger partial charge in [0.1, 0.15) is 12.4 Å². The predicted molar refractivity (Wildman–Crippen MR) is 186 cm³/mol. The molecule has 0 bridgehead atoms. The molecule has 3 N–H and O–H groups in total. The molecule has 0 saturated carbocycles. The molecule has 0 radical (unpaired) electrons. The monoisotopic (exact) mass is 696 g/mol. The lowest BCUT2D eigenvalue weighted by molar-refractivity contribution is -0.139. The van der Waals surface area contributed by atoms with E-state index >= 15 is 0 Å². The minimum atomic E-state index is -0.643.